The molecule has 0 atom stereocenters. The lowest BCUT2D eigenvalue weighted by Gasteiger charge is -2.01. The van der Waals surface area contributed by atoms with Gasteiger partial charge in [0.2, 0.25) is 0 Å². The van der Waals surface area contributed by atoms with E-state index in [1.54, 1.807) is 11.3 Å². The van der Waals surface area contributed by atoms with Crippen LogP contribution < -0.4 is 11.3 Å². The van der Waals surface area contributed by atoms with Crippen molar-refractivity contribution in [1.29, 1.82) is 0 Å². The molecule has 1 aliphatic carbocycles. The number of nitrogens with zero attached hydrogens (tertiary/aromatic N) is 1. The molecule has 0 aliphatic heterocycles. The molecule has 13 heavy (non-hydrogen) atoms. The highest BCUT2D eigenvalue weighted by atomic mass is 32.1. The number of aliphatic imine (C=N–C) groups is 1. The SMILES string of the molecule is Cc1csc(C(=NC2CC2)NN)c1. The van der Waals surface area contributed by atoms with Crippen molar-refractivity contribution in [3.8, 4) is 0 Å². The molecule has 70 valence electrons. The first-order valence-corrected chi connectivity index (χ1v) is 5.27. The predicted octanol–water partition coefficient (Wildman–Crippen LogP) is 1.43. The molecule has 1 saturated carbocycles. The van der Waals surface area contributed by atoms with Crippen molar-refractivity contribution in [3.63, 3.8) is 0 Å². The Bertz CT molecular complexity index is 325. The number of hydrogen-bond acceptors (Lipinski definition) is 3. The Hall–Kier alpha value is -0.870. The van der Waals surface area contributed by atoms with E-state index in [0.29, 0.717) is 6.04 Å². The second-order valence-electron chi connectivity index (χ2n) is 3.34. The van der Waals surface area contributed by atoms with E-state index in [1.807, 2.05) is 0 Å². The molecule has 0 amide bonds. The van der Waals surface area contributed by atoms with Gasteiger partial charge in [-0.1, -0.05) is 0 Å². The summed E-state index contributed by atoms with van der Waals surface area (Å²) in [6.07, 6.45) is 2.41. The number of rotatable bonds is 2. The number of thiophene rings is 1. The molecule has 1 aromatic heterocycles. The van der Waals surface area contributed by atoms with Gasteiger partial charge in [0.15, 0.2) is 5.84 Å². The van der Waals surface area contributed by atoms with Gasteiger partial charge in [0.1, 0.15) is 0 Å². The van der Waals surface area contributed by atoms with E-state index in [1.165, 1.54) is 18.4 Å². The summed E-state index contributed by atoms with van der Waals surface area (Å²) in [5.41, 5.74) is 3.93. The Morgan fingerprint density at radius 1 is 1.69 bits per heavy atom. The van der Waals surface area contributed by atoms with Crippen LogP contribution in [0, 0.1) is 6.92 Å². The Balaban J connectivity index is 2.20. The van der Waals surface area contributed by atoms with E-state index < -0.39 is 0 Å². The molecule has 0 bridgehead atoms. The van der Waals surface area contributed by atoms with Crippen LogP contribution in [0.2, 0.25) is 0 Å². The van der Waals surface area contributed by atoms with Crippen LogP contribution in [0.1, 0.15) is 23.3 Å². The highest BCUT2D eigenvalue weighted by molar-refractivity contribution is 7.12. The normalized spacial score (nSPS) is 17.5. The van der Waals surface area contributed by atoms with Crippen molar-refractivity contribution < 1.29 is 0 Å². The van der Waals surface area contributed by atoms with E-state index in [0.717, 1.165) is 10.7 Å². The number of hydrazine groups is 1. The fraction of sp³-hybridized carbons (Fsp3) is 0.444. The van der Waals surface area contributed by atoms with Gasteiger partial charge in [0.25, 0.3) is 0 Å². The third-order valence-electron chi connectivity index (χ3n) is 1.96. The molecule has 0 saturated heterocycles. The van der Waals surface area contributed by atoms with E-state index in [-0.39, 0.29) is 0 Å². The average Bonchev–Trinajstić information content (AvgIpc) is 2.84. The number of hydrogen-bond donors (Lipinski definition) is 2. The second-order valence-corrected chi connectivity index (χ2v) is 4.25. The molecular weight excluding hydrogens is 182 g/mol. The standard InChI is InChI=1S/C9H13N3S/c1-6-4-8(13-5-6)9(12-10)11-7-2-3-7/h4-5,7H,2-3,10H2,1H3,(H,11,12). The minimum atomic E-state index is 0.508. The van der Waals surface area contributed by atoms with Gasteiger partial charge in [-0.25, -0.2) is 5.84 Å². The van der Waals surface area contributed by atoms with Gasteiger partial charge < -0.3 is 5.43 Å². The summed E-state index contributed by atoms with van der Waals surface area (Å²) >= 11 is 1.68. The van der Waals surface area contributed by atoms with Gasteiger partial charge in [-0.15, -0.1) is 11.3 Å². The summed E-state index contributed by atoms with van der Waals surface area (Å²) in [5, 5.41) is 2.11. The molecule has 2 rings (SSSR count). The molecule has 1 heterocycles. The van der Waals surface area contributed by atoms with Gasteiger partial charge in [0.05, 0.1) is 10.9 Å². The summed E-state index contributed by atoms with van der Waals surface area (Å²) in [6.45, 7) is 2.07. The van der Waals surface area contributed by atoms with Crippen LogP contribution in [-0.2, 0) is 0 Å². The number of amidine groups is 1. The van der Waals surface area contributed by atoms with Crippen LogP contribution in [0.25, 0.3) is 0 Å². The molecule has 0 spiro atoms. The van der Waals surface area contributed by atoms with Crippen LogP contribution in [0.3, 0.4) is 0 Å². The van der Waals surface area contributed by atoms with Crippen molar-refractivity contribution in [2.75, 3.05) is 0 Å². The van der Waals surface area contributed by atoms with E-state index in [9.17, 15) is 0 Å². The van der Waals surface area contributed by atoms with Gasteiger partial charge in [-0.05, 0) is 36.8 Å². The van der Waals surface area contributed by atoms with E-state index in [4.69, 9.17) is 5.84 Å². The van der Waals surface area contributed by atoms with Gasteiger partial charge >= 0.3 is 0 Å². The maximum absolute atomic E-state index is 5.42. The maximum atomic E-state index is 5.42. The van der Waals surface area contributed by atoms with Crippen molar-refractivity contribution in [2.45, 2.75) is 25.8 Å². The van der Waals surface area contributed by atoms with E-state index in [2.05, 4.69) is 28.8 Å². The van der Waals surface area contributed by atoms with Gasteiger partial charge in [-0.2, -0.15) is 0 Å². The zero-order valence-corrected chi connectivity index (χ0v) is 8.40. The van der Waals surface area contributed by atoms with Crippen LogP contribution in [0.4, 0.5) is 0 Å². The minimum Gasteiger partial charge on any atom is -0.308 e. The third kappa shape index (κ3) is 2.08. The summed E-state index contributed by atoms with van der Waals surface area (Å²) in [4.78, 5) is 5.61. The van der Waals surface area contributed by atoms with Crippen LogP contribution in [0.5, 0.6) is 0 Å². The molecule has 1 fully saturated rings. The molecule has 3 nitrogen and oxygen atoms in total. The quantitative estimate of drug-likeness (QED) is 0.324. The van der Waals surface area contributed by atoms with Crippen molar-refractivity contribution in [1.82, 2.24) is 5.43 Å². The Kier molecular flexibility index (Phi) is 2.33. The molecule has 0 aromatic carbocycles. The largest absolute Gasteiger partial charge is 0.308 e. The molecule has 1 aliphatic rings. The lowest BCUT2D eigenvalue weighted by molar-refractivity contribution is 0.974. The topological polar surface area (TPSA) is 50.4 Å². The first-order chi connectivity index (χ1) is 6.29. The summed E-state index contributed by atoms with van der Waals surface area (Å²) in [5.74, 6) is 6.25. The third-order valence-corrected chi connectivity index (χ3v) is 3.01. The summed E-state index contributed by atoms with van der Waals surface area (Å²) in [7, 11) is 0. The van der Waals surface area contributed by atoms with E-state index >= 15 is 0 Å². The Labute approximate surface area is 81.6 Å². The zero-order chi connectivity index (χ0) is 9.26. The summed E-state index contributed by atoms with van der Waals surface area (Å²) < 4.78 is 0. The molecular formula is C9H13N3S. The number of nitrogens with one attached hydrogen (secondary N) is 1. The lowest BCUT2D eigenvalue weighted by Crippen LogP contribution is -2.30. The maximum Gasteiger partial charge on any atom is 0.153 e. The fourth-order valence-electron chi connectivity index (χ4n) is 1.11. The second kappa shape index (κ2) is 3.47. The monoisotopic (exact) mass is 195 g/mol. The van der Waals surface area contributed by atoms with Crippen molar-refractivity contribution >= 4 is 17.2 Å². The lowest BCUT2D eigenvalue weighted by atomic mass is 10.3. The zero-order valence-electron chi connectivity index (χ0n) is 7.58. The number of nitrogens with two attached hydrogens (primary N) is 1. The highest BCUT2D eigenvalue weighted by Gasteiger charge is 2.21. The fourth-order valence-corrected chi connectivity index (χ4v) is 1.97. The van der Waals surface area contributed by atoms with Crippen LogP contribution in [-0.4, -0.2) is 11.9 Å². The summed E-state index contributed by atoms with van der Waals surface area (Å²) in [6, 6.07) is 2.61. The Morgan fingerprint density at radius 3 is 2.92 bits per heavy atom. The molecule has 0 unspecified atom stereocenters. The molecule has 4 heteroatoms. The first-order valence-electron chi connectivity index (χ1n) is 4.39. The minimum absolute atomic E-state index is 0.508. The van der Waals surface area contributed by atoms with Crippen molar-refractivity contribution in [3.05, 3.63) is 21.9 Å². The molecule has 0 radical (unpaired) electrons. The Morgan fingerprint density at radius 2 is 2.46 bits per heavy atom. The smallest absolute Gasteiger partial charge is 0.153 e. The van der Waals surface area contributed by atoms with Crippen LogP contribution in [0.15, 0.2) is 16.4 Å². The van der Waals surface area contributed by atoms with Gasteiger partial charge in [-0.3, -0.25) is 4.99 Å². The highest BCUT2D eigenvalue weighted by Crippen LogP contribution is 2.25. The average molecular weight is 195 g/mol. The molecule has 1 aromatic rings. The molecule has 3 N–H and O–H groups in total. The predicted molar refractivity (Wildman–Crippen MR) is 55.9 cm³/mol. The van der Waals surface area contributed by atoms with Crippen LogP contribution >= 0.6 is 11.3 Å². The van der Waals surface area contributed by atoms with Crippen molar-refractivity contribution in [2.24, 2.45) is 10.8 Å². The van der Waals surface area contributed by atoms with Gasteiger partial charge in [0, 0.05) is 0 Å². The number of aryl methyl sites for hydroxylation is 1. The first kappa shape index (κ1) is 8.72.